The summed E-state index contributed by atoms with van der Waals surface area (Å²) in [7, 11) is 0. The van der Waals surface area contributed by atoms with Gasteiger partial charge >= 0.3 is 0 Å². The summed E-state index contributed by atoms with van der Waals surface area (Å²) in [6.07, 6.45) is 3.29. The Hall–Kier alpha value is -1.96. The summed E-state index contributed by atoms with van der Waals surface area (Å²) in [5, 5.41) is 11.0. The molecule has 2 N–H and O–H groups in total. The number of hydrogen-bond acceptors (Lipinski definition) is 5. The number of para-hydroxylation sites is 2. The molecule has 1 aromatic carbocycles. The molecule has 2 aliphatic rings. The maximum absolute atomic E-state index is 12.8. The van der Waals surface area contributed by atoms with E-state index in [1.807, 2.05) is 24.3 Å². The molecule has 2 aromatic rings. The van der Waals surface area contributed by atoms with Crippen LogP contribution in [-0.2, 0) is 16.0 Å². The first-order valence-corrected chi connectivity index (χ1v) is 9.85. The van der Waals surface area contributed by atoms with Crippen molar-refractivity contribution in [3.63, 3.8) is 0 Å². The molecular formula is C20H28N4O3. The molecule has 2 aliphatic heterocycles. The molecule has 0 radical (unpaired) electrons. The average molecular weight is 372 g/mol. The first-order valence-electron chi connectivity index (χ1n) is 9.85. The Kier molecular flexibility index (Phi) is 5.43. The topological polar surface area (TPSA) is 81.7 Å². The zero-order valence-corrected chi connectivity index (χ0v) is 15.7. The number of aromatic amines is 1. The number of carbonyl (C=O) groups excluding carboxylic acids is 1. The lowest BCUT2D eigenvalue weighted by atomic mass is 10.0. The third-order valence-corrected chi connectivity index (χ3v) is 5.44. The van der Waals surface area contributed by atoms with Gasteiger partial charge in [-0.2, -0.15) is 0 Å². The second kappa shape index (κ2) is 7.96. The van der Waals surface area contributed by atoms with Crippen LogP contribution >= 0.6 is 0 Å². The number of rotatable bonds is 5. The molecule has 1 atom stereocenters. The Bertz CT molecular complexity index is 753. The summed E-state index contributed by atoms with van der Waals surface area (Å²) < 4.78 is 5.61. The Balaban J connectivity index is 1.36. The molecule has 0 saturated carbocycles. The van der Waals surface area contributed by atoms with Gasteiger partial charge in [0.2, 0.25) is 5.91 Å². The number of nitrogens with zero attached hydrogens (tertiary/aromatic N) is 3. The maximum atomic E-state index is 12.8. The fourth-order valence-corrected chi connectivity index (χ4v) is 4.09. The molecule has 3 heterocycles. The summed E-state index contributed by atoms with van der Waals surface area (Å²) in [5.74, 6) is 0.865. The number of aryl methyl sites for hydroxylation is 1. The SMILES string of the molecule is O=C(CCc1nc2ccccc2[nH]1)N1CCOC[C@](O)(CN2CCCC2)C1. The van der Waals surface area contributed by atoms with Crippen LogP contribution in [0.1, 0.15) is 25.1 Å². The second-order valence-corrected chi connectivity index (χ2v) is 7.78. The number of aromatic nitrogens is 2. The number of amides is 1. The van der Waals surface area contributed by atoms with Crippen molar-refractivity contribution in [2.45, 2.75) is 31.3 Å². The molecule has 2 saturated heterocycles. The number of hydrogen-bond donors (Lipinski definition) is 2. The zero-order chi connectivity index (χ0) is 18.7. The van der Waals surface area contributed by atoms with Gasteiger partial charge < -0.3 is 24.6 Å². The normalized spacial score (nSPS) is 24.4. The van der Waals surface area contributed by atoms with Crippen LogP contribution in [0.25, 0.3) is 11.0 Å². The summed E-state index contributed by atoms with van der Waals surface area (Å²) in [6, 6.07) is 7.87. The number of carbonyl (C=O) groups is 1. The Morgan fingerprint density at radius 2 is 2.07 bits per heavy atom. The van der Waals surface area contributed by atoms with E-state index in [-0.39, 0.29) is 12.5 Å². The van der Waals surface area contributed by atoms with Gasteiger partial charge in [0.25, 0.3) is 0 Å². The molecule has 0 spiro atoms. The second-order valence-electron chi connectivity index (χ2n) is 7.78. The van der Waals surface area contributed by atoms with Crippen LogP contribution in [0.5, 0.6) is 0 Å². The molecule has 0 aliphatic carbocycles. The van der Waals surface area contributed by atoms with Gasteiger partial charge in [0.1, 0.15) is 11.4 Å². The molecule has 1 amide bonds. The molecule has 27 heavy (non-hydrogen) atoms. The molecule has 4 rings (SSSR count). The quantitative estimate of drug-likeness (QED) is 0.824. The monoisotopic (exact) mass is 372 g/mol. The van der Waals surface area contributed by atoms with Gasteiger partial charge in [-0.25, -0.2) is 4.98 Å². The fourth-order valence-electron chi connectivity index (χ4n) is 4.09. The van der Waals surface area contributed by atoms with E-state index >= 15 is 0 Å². The van der Waals surface area contributed by atoms with Gasteiger partial charge in [0.05, 0.1) is 30.8 Å². The number of ether oxygens (including phenoxy) is 1. The van der Waals surface area contributed by atoms with Gasteiger partial charge in [-0.05, 0) is 38.1 Å². The summed E-state index contributed by atoms with van der Waals surface area (Å²) in [4.78, 5) is 24.6. The van der Waals surface area contributed by atoms with Crippen molar-refractivity contribution in [2.24, 2.45) is 0 Å². The summed E-state index contributed by atoms with van der Waals surface area (Å²) >= 11 is 0. The van der Waals surface area contributed by atoms with Crippen molar-refractivity contribution in [2.75, 3.05) is 45.9 Å². The number of benzene rings is 1. The smallest absolute Gasteiger partial charge is 0.223 e. The highest BCUT2D eigenvalue weighted by atomic mass is 16.5. The molecule has 7 heteroatoms. The van der Waals surface area contributed by atoms with E-state index in [0.29, 0.717) is 39.1 Å². The summed E-state index contributed by atoms with van der Waals surface area (Å²) in [6.45, 7) is 4.23. The molecule has 2 fully saturated rings. The van der Waals surface area contributed by atoms with Crippen molar-refractivity contribution < 1.29 is 14.6 Å². The maximum Gasteiger partial charge on any atom is 0.223 e. The highest BCUT2D eigenvalue weighted by molar-refractivity contribution is 5.77. The van der Waals surface area contributed by atoms with E-state index in [1.165, 1.54) is 12.8 Å². The molecule has 7 nitrogen and oxygen atoms in total. The fraction of sp³-hybridized carbons (Fsp3) is 0.600. The minimum absolute atomic E-state index is 0.0424. The van der Waals surface area contributed by atoms with Crippen LogP contribution < -0.4 is 0 Å². The van der Waals surface area contributed by atoms with Gasteiger partial charge in [0, 0.05) is 25.9 Å². The highest BCUT2D eigenvalue weighted by Gasteiger charge is 2.36. The number of likely N-dealkylation sites (tertiary alicyclic amines) is 1. The Labute approximate surface area is 159 Å². The zero-order valence-electron chi connectivity index (χ0n) is 15.7. The third-order valence-electron chi connectivity index (χ3n) is 5.44. The van der Waals surface area contributed by atoms with Gasteiger partial charge in [0.15, 0.2) is 0 Å². The van der Waals surface area contributed by atoms with Crippen molar-refractivity contribution in [3.05, 3.63) is 30.1 Å². The minimum Gasteiger partial charge on any atom is -0.384 e. The van der Waals surface area contributed by atoms with Gasteiger partial charge in [-0.3, -0.25) is 4.79 Å². The number of imidazole rings is 1. The first-order chi connectivity index (χ1) is 13.1. The number of β-amino-alcohol motifs (C(OH)–C–C–N with tert-alkyl or cyclic N) is 1. The number of nitrogens with one attached hydrogen (secondary N) is 1. The van der Waals surface area contributed by atoms with E-state index < -0.39 is 5.60 Å². The molecule has 1 aromatic heterocycles. The predicted octanol–water partition coefficient (Wildman–Crippen LogP) is 1.18. The Morgan fingerprint density at radius 3 is 2.89 bits per heavy atom. The van der Waals surface area contributed by atoms with Crippen LogP contribution in [0.15, 0.2) is 24.3 Å². The van der Waals surface area contributed by atoms with E-state index in [1.54, 1.807) is 4.90 Å². The Morgan fingerprint density at radius 1 is 1.26 bits per heavy atom. The van der Waals surface area contributed by atoms with Crippen LogP contribution in [0.2, 0.25) is 0 Å². The molecule has 146 valence electrons. The van der Waals surface area contributed by atoms with E-state index in [9.17, 15) is 9.90 Å². The highest BCUT2D eigenvalue weighted by Crippen LogP contribution is 2.19. The van der Waals surface area contributed by atoms with Gasteiger partial charge in [-0.15, -0.1) is 0 Å². The van der Waals surface area contributed by atoms with E-state index in [4.69, 9.17) is 4.74 Å². The van der Waals surface area contributed by atoms with E-state index in [0.717, 1.165) is 29.9 Å². The standard InChI is InChI=1S/C20H28N4O3/c25-19(8-7-18-21-16-5-1-2-6-17(16)22-18)24-11-12-27-15-20(26,14-24)13-23-9-3-4-10-23/h1-2,5-6,26H,3-4,7-15H2,(H,21,22)/t20-/m0/s1. The van der Waals surface area contributed by atoms with Gasteiger partial charge in [-0.1, -0.05) is 12.1 Å². The first kappa shape index (κ1) is 18.4. The molecule has 0 bridgehead atoms. The number of fused-ring (bicyclic) bond motifs is 1. The van der Waals surface area contributed by atoms with Crippen LogP contribution in [0.3, 0.4) is 0 Å². The average Bonchev–Trinajstić information content (AvgIpc) is 3.26. The lowest BCUT2D eigenvalue weighted by Gasteiger charge is -2.34. The molecular weight excluding hydrogens is 344 g/mol. The van der Waals surface area contributed by atoms with E-state index in [2.05, 4.69) is 14.9 Å². The van der Waals surface area contributed by atoms with Crippen molar-refractivity contribution in [3.8, 4) is 0 Å². The number of aliphatic hydroxyl groups is 1. The van der Waals surface area contributed by atoms with Crippen molar-refractivity contribution >= 4 is 16.9 Å². The predicted molar refractivity (Wildman–Crippen MR) is 102 cm³/mol. The van der Waals surface area contributed by atoms with Crippen molar-refractivity contribution in [1.82, 2.24) is 19.8 Å². The van der Waals surface area contributed by atoms with Crippen LogP contribution in [0.4, 0.5) is 0 Å². The van der Waals surface area contributed by atoms with Crippen LogP contribution in [-0.4, -0.2) is 82.3 Å². The molecule has 0 unspecified atom stereocenters. The number of H-pyrrole nitrogens is 1. The summed E-state index contributed by atoms with van der Waals surface area (Å²) in [5.41, 5.74) is 0.918. The lowest BCUT2D eigenvalue weighted by molar-refractivity contribution is -0.134. The van der Waals surface area contributed by atoms with Crippen LogP contribution in [0, 0.1) is 0 Å². The van der Waals surface area contributed by atoms with Crippen molar-refractivity contribution in [1.29, 1.82) is 0 Å². The largest absolute Gasteiger partial charge is 0.384 e. The minimum atomic E-state index is -0.990. The lowest BCUT2D eigenvalue weighted by Crippen LogP contribution is -2.53. The third kappa shape index (κ3) is 4.48.